The second-order valence-corrected chi connectivity index (χ2v) is 3.05. The number of nitrogens with two attached hydrogens (primary N) is 1. The molecule has 0 heterocycles. The van der Waals surface area contributed by atoms with Crippen molar-refractivity contribution in [3.63, 3.8) is 0 Å². The minimum atomic E-state index is -0.164. The van der Waals surface area contributed by atoms with Gasteiger partial charge in [-0.1, -0.05) is 6.07 Å². The van der Waals surface area contributed by atoms with Gasteiger partial charge in [-0.25, -0.2) is 0 Å². The van der Waals surface area contributed by atoms with Crippen LogP contribution in [0.25, 0.3) is 0 Å². The molecule has 0 saturated heterocycles. The predicted octanol–water partition coefficient (Wildman–Crippen LogP) is 1.20. The van der Waals surface area contributed by atoms with Crippen LogP contribution < -0.4 is 11.1 Å². The summed E-state index contributed by atoms with van der Waals surface area (Å²) in [7, 11) is 0. The maximum Gasteiger partial charge on any atom is 0.238 e. The Labute approximate surface area is 77.9 Å². The van der Waals surface area contributed by atoms with Crippen molar-refractivity contribution < 1.29 is 4.79 Å². The van der Waals surface area contributed by atoms with E-state index in [1.165, 1.54) is 5.56 Å². The lowest BCUT2D eigenvalue weighted by Gasteiger charge is -2.05. The lowest BCUT2D eigenvalue weighted by Crippen LogP contribution is -2.21. The topological polar surface area (TPSA) is 55.1 Å². The quantitative estimate of drug-likeness (QED) is 0.715. The molecule has 0 aromatic heterocycles. The fourth-order valence-corrected chi connectivity index (χ4v) is 1.03. The van der Waals surface area contributed by atoms with Crippen LogP contribution in [-0.4, -0.2) is 12.5 Å². The standard InChI is InChI=1S/C10H14N2O/c1-7-3-4-9(5-8(7)2)12-10(13)6-11/h3-5H,6,11H2,1-2H3,(H,12,13). The average Bonchev–Trinajstić information content (AvgIpc) is 2.11. The molecule has 0 fully saturated rings. The summed E-state index contributed by atoms with van der Waals surface area (Å²) in [6, 6.07) is 5.78. The molecular weight excluding hydrogens is 164 g/mol. The second kappa shape index (κ2) is 4.05. The maximum atomic E-state index is 10.9. The molecule has 0 bridgehead atoms. The molecule has 0 spiro atoms. The Morgan fingerprint density at radius 3 is 2.62 bits per heavy atom. The Balaban J connectivity index is 2.79. The van der Waals surface area contributed by atoms with Crippen molar-refractivity contribution >= 4 is 11.6 Å². The molecule has 3 heteroatoms. The van der Waals surface area contributed by atoms with E-state index in [0.29, 0.717) is 0 Å². The van der Waals surface area contributed by atoms with Gasteiger partial charge in [0.25, 0.3) is 0 Å². The first-order valence-corrected chi connectivity index (χ1v) is 4.20. The second-order valence-electron chi connectivity index (χ2n) is 3.05. The zero-order valence-corrected chi connectivity index (χ0v) is 7.92. The third-order valence-electron chi connectivity index (χ3n) is 1.98. The van der Waals surface area contributed by atoms with Crippen LogP contribution in [0.2, 0.25) is 0 Å². The van der Waals surface area contributed by atoms with Gasteiger partial charge in [0.1, 0.15) is 0 Å². The summed E-state index contributed by atoms with van der Waals surface area (Å²) in [5.41, 5.74) is 8.36. The summed E-state index contributed by atoms with van der Waals surface area (Å²) in [6.45, 7) is 4.06. The summed E-state index contributed by atoms with van der Waals surface area (Å²) in [5, 5.41) is 2.70. The lowest BCUT2D eigenvalue weighted by atomic mass is 10.1. The van der Waals surface area contributed by atoms with Gasteiger partial charge in [-0.15, -0.1) is 0 Å². The minimum absolute atomic E-state index is 0.0208. The summed E-state index contributed by atoms with van der Waals surface area (Å²) in [4.78, 5) is 10.9. The van der Waals surface area contributed by atoms with Crippen molar-refractivity contribution in [1.82, 2.24) is 0 Å². The van der Waals surface area contributed by atoms with E-state index in [2.05, 4.69) is 5.32 Å². The molecule has 3 nitrogen and oxygen atoms in total. The third-order valence-corrected chi connectivity index (χ3v) is 1.98. The van der Waals surface area contributed by atoms with E-state index >= 15 is 0 Å². The molecule has 1 amide bonds. The summed E-state index contributed by atoms with van der Waals surface area (Å²) >= 11 is 0. The number of anilines is 1. The molecule has 3 N–H and O–H groups in total. The van der Waals surface area contributed by atoms with Crippen molar-refractivity contribution in [2.75, 3.05) is 11.9 Å². The Hall–Kier alpha value is -1.35. The monoisotopic (exact) mass is 178 g/mol. The van der Waals surface area contributed by atoms with Crippen LogP contribution in [0, 0.1) is 13.8 Å². The fourth-order valence-electron chi connectivity index (χ4n) is 1.03. The molecule has 0 aliphatic rings. The molecule has 13 heavy (non-hydrogen) atoms. The van der Waals surface area contributed by atoms with Gasteiger partial charge >= 0.3 is 0 Å². The Morgan fingerprint density at radius 2 is 2.08 bits per heavy atom. The molecule has 70 valence electrons. The highest BCUT2D eigenvalue weighted by atomic mass is 16.1. The van der Waals surface area contributed by atoms with Crippen LogP contribution in [0.5, 0.6) is 0 Å². The smallest absolute Gasteiger partial charge is 0.238 e. The number of rotatable bonds is 2. The zero-order chi connectivity index (χ0) is 9.84. The first-order chi connectivity index (χ1) is 6.13. The molecule has 0 radical (unpaired) electrons. The van der Waals surface area contributed by atoms with Gasteiger partial charge < -0.3 is 11.1 Å². The average molecular weight is 178 g/mol. The first-order valence-electron chi connectivity index (χ1n) is 4.20. The SMILES string of the molecule is Cc1ccc(NC(=O)CN)cc1C. The molecule has 1 rings (SSSR count). The highest BCUT2D eigenvalue weighted by molar-refractivity contribution is 5.92. The molecule has 0 aliphatic carbocycles. The van der Waals surface area contributed by atoms with Gasteiger partial charge in [-0.2, -0.15) is 0 Å². The number of nitrogens with one attached hydrogen (secondary N) is 1. The highest BCUT2D eigenvalue weighted by Gasteiger charge is 1.99. The predicted molar refractivity (Wildman–Crippen MR) is 53.6 cm³/mol. The van der Waals surface area contributed by atoms with Crippen LogP contribution in [0.4, 0.5) is 5.69 Å². The van der Waals surface area contributed by atoms with Crippen molar-refractivity contribution in [3.05, 3.63) is 29.3 Å². The van der Waals surface area contributed by atoms with Gasteiger partial charge in [0.15, 0.2) is 0 Å². The van der Waals surface area contributed by atoms with Crippen LogP contribution in [-0.2, 0) is 4.79 Å². The zero-order valence-electron chi connectivity index (χ0n) is 7.92. The van der Waals surface area contributed by atoms with Gasteiger partial charge in [0.2, 0.25) is 5.91 Å². The fraction of sp³-hybridized carbons (Fsp3) is 0.300. The van der Waals surface area contributed by atoms with E-state index in [9.17, 15) is 4.79 Å². The van der Waals surface area contributed by atoms with Crippen LogP contribution >= 0.6 is 0 Å². The summed E-state index contributed by atoms with van der Waals surface area (Å²) in [5.74, 6) is -0.164. The van der Waals surface area contributed by atoms with Crippen LogP contribution in [0.1, 0.15) is 11.1 Å². The number of hydrogen-bond donors (Lipinski definition) is 2. The molecular formula is C10H14N2O. The van der Waals surface area contributed by atoms with Crippen molar-refractivity contribution in [3.8, 4) is 0 Å². The molecule has 1 aromatic carbocycles. The lowest BCUT2D eigenvalue weighted by molar-refractivity contribution is -0.114. The van der Waals surface area contributed by atoms with Crippen LogP contribution in [0.15, 0.2) is 18.2 Å². The summed E-state index contributed by atoms with van der Waals surface area (Å²) in [6.07, 6.45) is 0. The van der Waals surface area contributed by atoms with E-state index in [1.807, 2.05) is 32.0 Å². The minimum Gasteiger partial charge on any atom is -0.325 e. The van der Waals surface area contributed by atoms with Gasteiger partial charge in [-0.05, 0) is 37.1 Å². The number of benzene rings is 1. The number of carbonyl (C=O) groups is 1. The van der Waals surface area contributed by atoms with Gasteiger partial charge in [0, 0.05) is 5.69 Å². The number of hydrogen-bond acceptors (Lipinski definition) is 2. The maximum absolute atomic E-state index is 10.9. The third kappa shape index (κ3) is 2.56. The van der Waals surface area contributed by atoms with E-state index in [1.54, 1.807) is 0 Å². The molecule has 0 atom stereocenters. The Morgan fingerprint density at radius 1 is 1.38 bits per heavy atom. The molecule has 0 saturated carbocycles. The Kier molecular flexibility index (Phi) is 3.03. The number of carbonyl (C=O) groups excluding carboxylic acids is 1. The van der Waals surface area contributed by atoms with E-state index in [4.69, 9.17) is 5.73 Å². The van der Waals surface area contributed by atoms with Crippen molar-refractivity contribution in [2.45, 2.75) is 13.8 Å². The highest BCUT2D eigenvalue weighted by Crippen LogP contribution is 2.13. The largest absolute Gasteiger partial charge is 0.325 e. The van der Waals surface area contributed by atoms with Gasteiger partial charge in [0.05, 0.1) is 6.54 Å². The molecule has 1 aromatic rings. The van der Waals surface area contributed by atoms with Crippen molar-refractivity contribution in [1.29, 1.82) is 0 Å². The number of amides is 1. The Bertz CT molecular complexity index is 321. The number of aryl methyl sites for hydroxylation is 2. The first kappa shape index (κ1) is 9.74. The van der Waals surface area contributed by atoms with Crippen LogP contribution in [0.3, 0.4) is 0 Å². The molecule has 0 unspecified atom stereocenters. The summed E-state index contributed by atoms with van der Waals surface area (Å²) < 4.78 is 0. The normalized spacial score (nSPS) is 9.77. The molecule has 0 aliphatic heterocycles. The van der Waals surface area contributed by atoms with Crippen molar-refractivity contribution in [2.24, 2.45) is 5.73 Å². The van der Waals surface area contributed by atoms with Gasteiger partial charge in [-0.3, -0.25) is 4.79 Å². The van der Waals surface area contributed by atoms with E-state index < -0.39 is 0 Å². The van der Waals surface area contributed by atoms with E-state index in [-0.39, 0.29) is 12.5 Å². The van der Waals surface area contributed by atoms with E-state index in [0.717, 1.165) is 11.3 Å².